The molecule has 2 N–H and O–H groups in total. The van der Waals surface area contributed by atoms with Crippen LogP contribution in [-0.2, 0) is 17.8 Å². The maximum absolute atomic E-state index is 12.6. The number of ether oxygens (including phenoxy) is 2. The molecule has 0 atom stereocenters. The van der Waals surface area contributed by atoms with Crippen molar-refractivity contribution in [3.8, 4) is 28.8 Å². The summed E-state index contributed by atoms with van der Waals surface area (Å²) in [6, 6.07) is 15.5. The number of aromatic nitrogens is 2. The van der Waals surface area contributed by atoms with Crippen LogP contribution < -0.4 is 14.8 Å². The van der Waals surface area contributed by atoms with Gasteiger partial charge in [-0.2, -0.15) is 10.4 Å². The van der Waals surface area contributed by atoms with Gasteiger partial charge in [-0.15, -0.1) is 0 Å². The van der Waals surface area contributed by atoms with Gasteiger partial charge in [0.15, 0.2) is 11.5 Å². The molecule has 2 heterocycles. The maximum atomic E-state index is 12.6. The zero-order valence-electron chi connectivity index (χ0n) is 16.4. The lowest BCUT2D eigenvalue weighted by atomic mass is 10.0. The number of amides is 1. The molecule has 0 saturated heterocycles. The highest BCUT2D eigenvalue weighted by atomic mass is 16.7. The van der Waals surface area contributed by atoms with Crippen molar-refractivity contribution in [1.82, 2.24) is 15.5 Å². The molecule has 1 aliphatic rings. The molecule has 7 heteroatoms. The quantitative estimate of drug-likeness (QED) is 0.486. The van der Waals surface area contributed by atoms with E-state index < -0.39 is 5.91 Å². The monoisotopic (exact) mass is 400 g/mol. The van der Waals surface area contributed by atoms with E-state index in [-0.39, 0.29) is 18.9 Å². The standard InChI is InChI=1S/C23H20N4O3/c1-2-15-3-6-17(7-4-15)22-19(13-26-27-22)10-18(11-24)23(28)25-12-16-5-8-20-21(9-16)30-14-29-20/h3-10,13H,2,12,14H2,1H3,(H,25,28)(H,26,27). The number of benzene rings is 2. The first kappa shape index (κ1) is 19.3. The number of nitrogens with zero attached hydrogens (tertiary/aromatic N) is 2. The lowest BCUT2D eigenvalue weighted by Gasteiger charge is -2.06. The topological polar surface area (TPSA) is 100 Å². The van der Waals surface area contributed by atoms with Gasteiger partial charge < -0.3 is 14.8 Å². The molecule has 0 spiro atoms. The normalized spacial score (nSPS) is 12.5. The van der Waals surface area contributed by atoms with Crippen LogP contribution in [0.3, 0.4) is 0 Å². The summed E-state index contributed by atoms with van der Waals surface area (Å²) >= 11 is 0. The Morgan fingerprint density at radius 3 is 2.73 bits per heavy atom. The minimum atomic E-state index is -0.455. The first-order valence-corrected chi connectivity index (χ1v) is 9.59. The number of hydrogen-bond acceptors (Lipinski definition) is 5. The first-order chi connectivity index (χ1) is 14.7. The van der Waals surface area contributed by atoms with E-state index in [1.807, 2.05) is 42.5 Å². The molecule has 3 aromatic rings. The molecule has 7 nitrogen and oxygen atoms in total. The average molecular weight is 400 g/mol. The Morgan fingerprint density at radius 1 is 1.20 bits per heavy atom. The molecule has 0 fully saturated rings. The van der Waals surface area contributed by atoms with Gasteiger partial charge >= 0.3 is 0 Å². The zero-order chi connectivity index (χ0) is 20.9. The molecule has 150 valence electrons. The van der Waals surface area contributed by atoms with Crippen LogP contribution in [0.1, 0.15) is 23.6 Å². The summed E-state index contributed by atoms with van der Waals surface area (Å²) < 4.78 is 10.6. The Bertz CT molecular complexity index is 1140. The minimum Gasteiger partial charge on any atom is -0.454 e. The fourth-order valence-electron chi connectivity index (χ4n) is 3.18. The van der Waals surface area contributed by atoms with Gasteiger partial charge in [-0.1, -0.05) is 37.3 Å². The molecule has 0 radical (unpaired) electrons. The number of H-pyrrole nitrogens is 1. The summed E-state index contributed by atoms with van der Waals surface area (Å²) in [5.74, 6) is 0.876. The molecule has 0 bridgehead atoms. The van der Waals surface area contributed by atoms with E-state index in [1.54, 1.807) is 18.3 Å². The molecule has 30 heavy (non-hydrogen) atoms. The summed E-state index contributed by atoms with van der Waals surface area (Å²) in [4.78, 5) is 12.6. The van der Waals surface area contributed by atoms with Crippen LogP contribution in [0.2, 0.25) is 0 Å². The van der Waals surface area contributed by atoms with Crippen LogP contribution in [-0.4, -0.2) is 22.9 Å². The molecular weight excluding hydrogens is 380 g/mol. The molecular formula is C23H20N4O3. The van der Waals surface area contributed by atoms with Crippen LogP contribution >= 0.6 is 0 Å². The molecule has 4 rings (SSSR count). The molecule has 0 saturated carbocycles. The summed E-state index contributed by atoms with van der Waals surface area (Å²) in [5, 5.41) is 19.3. The van der Waals surface area contributed by atoms with E-state index >= 15 is 0 Å². The van der Waals surface area contributed by atoms with Crippen molar-refractivity contribution < 1.29 is 14.3 Å². The number of aromatic amines is 1. The third kappa shape index (κ3) is 4.03. The second-order valence-electron chi connectivity index (χ2n) is 6.79. The average Bonchev–Trinajstić information content (AvgIpc) is 3.44. The maximum Gasteiger partial charge on any atom is 0.262 e. The number of aryl methyl sites for hydroxylation is 1. The fraction of sp³-hybridized carbons (Fsp3) is 0.174. The van der Waals surface area contributed by atoms with Gasteiger partial charge in [0.25, 0.3) is 5.91 Å². The van der Waals surface area contributed by atoms with E-state index in [1.165, 1.54) is 5.56 Å². The van der Waals surface area contributed by atoms with Gasteiger partial charge in [0.2, 0.25) is 6.79 Å². The SMILES string of the molecule is CCc1ccc(-c2[nH]ncc2C=C(C#N)C(=O)NCc2ccc3c(c2)OCO3)cc1. The van der Waals surface area contributed by atoms with E-state index in [2.05, 4.69) is 22.4 Å². The van der Waals surface area contributed by atoms with E-state index in [4.69, 9.17) is 9.47 Å². The van der Waals surface area contributed by atoms with Crippen molar-refractivity contribution in [3.05, 3.63) is 70.9 Å². The van der Waals surface area contributed by atoms with Crippen molar-refractivity contribution in [2.24, 2.45) is 0 Å². The van der Waals surface area contributed by atoms with Crippen LogP contribution in [0.5, 0.6) is 11.5 Å². The van der Waals surface area contributed by atoms with Crippen LogP contribution in [0.4, 0.5) is 0 Å². The number of rotatable bonds is 6. The van der Waals surface area contributed by atoms with E-state index in [9.17, 15) is 10.1 Å². The molecule has 1 aliphatic heterocycles. The molecule has 1 aromatic heterocycles. The van der Waals surface area contributed by atoms with Crippen molar-refractivity contribution in [2.75, 3.05) is 6.79 Å². The van der Waals surface area contributed by atoms with Gasteiger partial charge in [0.1, 0.15) is 11.6 Å². The van der Waals surface area contributed by atoms with Crippen molar-refractivity contribution in [1.29, 1.82) is 5.26 Å². The van der Waals surface area contributed by atoms with Crippen LogP contribution in [0, 0.1) is 11.3 Å². The van der Waals surface area contributed by atoms with E-state index in [0.29, 0.717) is 17.1 Å². The third-order valence-electron chi connectivity index (χ3n) is 4.87. The molecule has 0 aliphatic carbocycles. The van der Waals surface area contributed by atoms with Gasteiger partial charge in [-0.3, -0.25) is 9.89 Å². The predicted molar refractivity (Wildman–Crippen MR) is 111 cm³/mol. The second kappa shape index (κ2) is 8.53. The van der Waals surface area contributed by atoms with Gasteiger partial charge in [0, 0.05) is 17.7 Å². The summed E-state index contributed by atoms with van der Waals surface area (Å²) in [6.45, 7) is 2.56. The smallest absolute Gasteiger partial charge is 0.262 e. The molecule has 1 amide bonds. The Balaban J connectivity index is 1.49. The number of nitrogens with one attached hydrogen (secondary N) is 2. The Morgan fingerprint density at radius 2 is 1.97 bits per heavy atom. The number of carbonyl (C=O) groups is 1. The largest absolute Gasteiger partial charge is 0.454 e. The fourth-order valence-corrected chi connectivity index (χ4v) is 3.18. The second-order valence-corrected chi connectivity index (χ2v) is 6.79. The first-order valence-electron chi connectivity index (χ1n) is 9.59. The van der Waals surface area contributed by atoms with Gasteiger partial charge in [-0.05, 0) is 35.8 Å². The highest BCUT2D eigenvalue weighted by Gasteiger charge is 2.15. The Hall–Kier alpha value is -4.05. The Labute approximate surface area is 173 Å². The van der Waals surface area contributed by atoms with Crippen molar-refractivity contribution in [2.45, 2.75) is 19.9 Å². The number of carbonyl (C=O) groups excluding carboxylic acids is 1. The predicted octanol–water partition coefficient (Wildman–Crippen LogP) is 3.59. The van der Waals surface area contributed by atoms with Crippen LogP contribution in [0.15, 0.2) is 54.2 Å². The Kier molecular flexibility index (Phi) is 5.48. The lowest BCUT2D eigenvalue weighted by Crippen LogP contribution is -2.23. The van der Waals surface area contributed by atoms with Crippen molar-refractivity contribution in [3.63, 3.8) is 0 Å². The number of fused-ring (bicyclic) bond motifs is 1. The lowest BCUT2D eigenvalue weighted by molar-refractivity contribution is -0.117. The molecule has 2 aromatic carbocycles. The minimum absolute atomic E-state index is 0.00331. The van der Waals surface area contributed by atoms with Gasteiger partial charge in [-0.25, -0.2) is 0 Å². The van der Waals surface area contributed by atoms with Gasteiger partial charge in [0.05, 0.1) is 11.9 Å². The summed E-state index contributed by atoms with van der Waals surface area (Å²) in [6.07, 6.45) is 4.10. The summed E-state index contributed by atoms with van der Waals surface area (Å²) in [5.41, 5.74) is 4.46. The van der Waals surface area contributed by atoms with E-state index in [0.717, 1.165) is 23.2 Å². The third-order valence-corrected chi connectivity index (χ3v) is 4.87. The number of nitriles is 1. The zero-order valence-corrected chi connectivity index (χ0v) is 16.4. The summed E-state index contributed by atoms with van der Waals surface area (Å²) in [7, 11) is 0. The van der Waals surface area contributed by atoms with Crippen molar-refractivity contribution >= 4 is 12.0 Å². The highest BCUT2D eigenvalue weighted by molar-refractivity contribution is 6.02. The highest BCUT2D eigenvalue weighted by Crippen LogP contribution is 2.32. The van der Waals surface area contributed by atoms with Crippen LogP contribution in [0.25, 0.3) is 17.3 Å². The number of hydrogen-bond donors (Lipinski definition) is 2. The molecule has 0 unspecified atom stereocenters.